The molecule has 1 heterocycles. The van der Waals surface area contributed by atoms with Gasteiger partial charge in [-0.1, -0.05) is 32.9 Å². The zero-order chi connectivity index (χ0) is 21.3. The number of aromatic nitrogens is 2. The van der Waals surface area contributed by atoms with Crippen LogP contribution in [0.4, 0.5) is 10.1 Å². The largest absolute Gasteiger partial charge is 0.318 e. The quantitative estimate of drug-likeness (QED) is 0.724. The van der Waals surface area contributed by atoms with Crippen molar-refractivity contribution in [2.45, 2.75) is 45.9 Å². The number of anilines is 1. The number of halogens is 1. The lowest BCUT2D eigenvalue weighted by Crippen LogP contribution is -2.22. The van der Waals surface area contributed by atoms with Crippen LogP contribution < -0.4 is 5.32 Å². The number of carbonyl (C=O) groups is 1. The van der Waals surface area contributed by atoms with Gasteiger partial charge in [0.15, 0.2) is 0 Å². The molecule has 1 amide bonds. The Morgan fingerprint density at radius 1 is 1.39 bits per heavy atom. The molecule has 0 unspecified atom stereocenters. The highest BCUT2D eigenvalue weighted by molar-refractivity contribution is 7.89. The van der Waals surface area contributed by atoms with Crippen LogP contribution in [0.25, 0.3) is 0 Å². The van der Waals surface area contributed by atoms with E-state index in [1.54, 1.807) is 19.9 Å². The molecule has 0 aliphatic carbocycles. The minimum absolute atomic E-state index is 0. The first kappa shape index (κ1) is 23.2. The molecule has 1 aromatic heterocycles. The molecule has 0 saturated carbocycles. The van der Waals surface area contributed by atoms with Gasteiger partial charge in [-0.15, -0.1) is 0 Å². The minimum Gasteiger partial charge on any atom is -0.318 e. The summed E-state index contributed by atoms with van der Waals surface area (Å²) in [4.78, 5) is 15.9. The van der Waals surface area contributed by atoms with E-state index in [9.17, 15) is 17.6 Å². The lowest BCUT2D eigenvalue weighted by atomic mass is 10.2. The maximum Gasteiger partial charge on any atom is 0.283 e. The maximum absolute atomic E-state index is 13.7. The van der Waals surface area contributed by atoms with E-state index in [0.717, 1.165) is 12.3 Å². The fourth-order valence-electron chi connectivity index (χ4n) is 2.02. The van der Waals surface area contributed by atoms with Gasteiger partial charge in [-0.05, 0) is 38.0 Å². The third kappa shape index (κ3) is 5.59. The highest BCUT2D eigenvalue weighted by atomic mass is 32.2. The van der Waals surface area contributed by atoms with Crippen molar-refractivity contribution in [3.05, 3.63) is 54.2 Å². The van der Waals surface area contributed by atoms with Crippen molar-refractivity contribution >= 4 is 27.3 Å². The van der Waals surface area contributed by atoms with Gasteiger partial charge in [0.25, 0.3) is 15.9 Å². The first-order chi connectivity index (χ1) is 13.3. The molecule has 1 N–H and O–H groups in total. The number of nitrogens with one attached hydrogen (secondary N) is 1. The Bertz CT molecular complexity index is 985. The van der Waals surface area contributed by atoms with Gasteiger partial charge in [0.05, 0.1) is 23.0 Å². The lowest BCUT2D eigenvalue weighted by molar-refractivity contribution is -0.110. The molecule has 2 aromatic rings. The van der Waals surface area contributed by atoms with Crippen molar-refractivity contribution < 1.29 is 19.0 Å². The van der Waals surface area contributed by atoms with Crippen LogP contribution in [-0.4, -0.2) is 29.2 Å². The van der Waals surface area contributed by atoms with Gasteiger partial charge in [0.2, 0.25) is 0 Å². The molecule has 0 aliphatic heterocycles. The van der Waals surface area contributed by atoms with Gasteiger partial charge < -0.3 is 5.32 Å². The molecule has 0 atom stereocenters. The minimum atomic E-state index is -4.06. The lowest BCUT2D eigenvalue weighted by Gasteiger charge is -2.06. The van der Waals surface area contributed by atoms with E-state index in [4.69, 9.17) is 0 Å². The Hall–Kier alpha value is -2.81. The second kappa shape index (κ2) is 10.5. The van der Waals surface area contributed by atoms with E-state index < -0.39 is 21.7 Å². The zero-order valence-corrected chi connectivity index (χ0v) is 17.4. The van der Waals surface area contributed by atoms with Crippen LogP contribution in [0, 0.1) is 12.7 Å². The number of aryl methyl sites for hydroxylation is 1. The molecule has 2 rings (SSSR count). The predicted octanol–water partition coefficient (Wildman–Crippen LogP) is 4.16. The molecule has 0 bridgehead atoms. The average molecular weight is 411 g/mol. The van der Waals surface area contributed by atoms with Gasteiger partial charge in [-0.3, -0.25) is 9.79 Å². The molecular formula is C19H27FN4O3S. The van der Waals surface area contributed by atoms with Gasteiger partial charge >= 0.3 is 0 Å². The number of aliphatic imine (C=N–C) groups is 1. The molecule has 7 nitrogen and oxygen atoms in total. The fraction of sp³-hybridized carbons (Fsp3) is 0.316. The van der Waals surface area contributed by atoms with Crippen molar-refractivity contribution in [1.29, 1.82) is 0 Å². The molecule has 9 heteroatoms. The summed E-state index contributed by atoms with van der Waals surface area (Å²) < 4.78 is 39.4. The summed E-state index contributed by atoms with van der Waals surface area (Å²) in [6, 6.07) is 3.61. The van der Waals surface area contributed by atoms with Crippen molar-refractivity contribution in [2.24, 2.45) is 4.99 Å². The monoisotopic (exact) mass is 410 g/mol. The molecular weight excluding hydrogens is 383 g/mol. The highest BCUT2D eigenvalue weighted by Crippen LogP contribution is 2.18. The fourth-order valence-corrected chi connectivity index (χ4v) is 3.15. The summed E-state index contributed by atoms with van der Waals surface area (Å²) >= 11 is 0. The molecule has 0 radical (unpaired) electrons. The molecule has 154 valence electrons. The molecule has 0 saturated heterocycles. The van der Waals surface area contributed by atoms with E-state index in [-0.39, 0.29) is 12.0 Å². The Balaban J connectivity index is 0.00000253. The molecule has 0 aliphatic rings. The van der Waals surface area contributed by atoms with E-state index in [0.29, 0.717) is 21.8 Å². The third-order valence-corrected chi connectivity index (χ3v) is 5.02. The van der Waals surface area contributed by atoms with Crippen LogP contribution in [0.15, 0.2) is 52.8 Å². The highest BCUT2D eigenvalue weighted by Gasteiger charge is 2.20. The summed E-state index contributed by atoms with van der Waals surface area (Å²) in [5.41, 5.74) is 0.817. The van der Waals surface area contributed by atoms with Gasteiger partial charge in [-0.25, -0.2) is 4.39 Å². The number of nitrogens with zero attached hydrogens (tertiary/aromatic N) is 3. The second-order valence-corrected chi connectivity index (χ2v) is 7.18. The van der Waals surface area contributed by atoms with Gasteiger partial charge in [-0.2, -0.15) is 17.6 Å². The van der Waals surface area contributed by atoms with Crippen LogP contribution in [0.5, 0.6) is 0 Å². The van der Waals surface area contributed by atoms with E-state index in [2.05, 4.69) is 15.4 Å². The number of rotatable bonds is 6. The summed E-state index contributed by atoms with van der Waals surface area (Å²) in [7, 11) is -4.06. The zero-order valence-electron chi connectivity index (χ0n) is 16.6. The average Bonchev–Trinajstić information content (AvgIpc) is 3.15. The number of benzene rings is 1. The molecule has 1 aromatic carbocycles. The number of amides is 1. The van der Waals surface area contributed by atoms with Crippen molar-refractivity contribution in [3.8, 4) is 0 Å². The number of hydrogen-bond donors (Lipinski definition) is 1. The Morgan fingerprint density at radius 3 is 2.64 bits per heavy atom. The second-order valence-electron chi connectivity index (χ2n) is 5.38. The van der Waals surface area contributed by atoms with E-state index >= 15 is 0 Å². The van der Waals surface area contributed by atoms with E-state index in [1.165, 1.54) is 31.5 Å². The molecule has 28 heavy (non-hydrogen) atoms. The standard InChI is InChI=1S/C17H19FN4O3S.C2H6.H2/c1-4-8-19-16(5-2)17(23)21-13-10-20-22(11-13)26(24,25)14-7-6-12(3)15(18)9-14;1-2;/h4,6-11H,5H2,1-3H3,(H,21,23);1-2H3;1H/b8-4-,19-16?;;. The summed E-state index contributed by atoms with van der Waals surface area (Å²) in [6.45, 7) is 9.09. The number of hydrogen-bond acceptors (Lipinski definition) is 5. The van der Waals surface area contributed by atoms with Crippen molar-refractivity contribution in [3.63, 3.8) is 0 Å². The topological polar surface area (TPSA) is 93.4 Å². The predicted molar refractivity (Wildman–Crippen MR) is 111 cm³/mol. The van der Waals surface area contributed by atoms with Crippen molar-refractivity contribution in [1.82, 2.24) is 9.19 Å². The van der Waals surface area contributed by atoms with Crippen LogP contribution in [0.1, 0.15) is 41.1 Å². The number of carbonyl (C=O) groups excluding carboxylic acids is 1. The summed E-state index contributed by atoms with van der Waals surface area (Å²) in [6.07, 6.45) is 5.94. The summed E-state index contributed by atoms with van der Waals surface area (Å²) in [5, 5.41) is 6.30. The Labute approximate surface area is 166 Å². The first-order valence-electron chi connectivity index (χ1n) is 8.85. The van der Waals surface area contributed by atoms with Gasteiger partial charge in [0.1, 0.15) is 11.5 Å². The molecule has 0 fully saturated rings. The van der Waals surface area contributed by atoms with Gasteiger partial charge in [0, 0.05) is 7.63 Å². The maximum atomic E-state index is 13.7. The smallest absolute Gasteiger partial charge is 0.283 e. The first-order valence-corrected chi connectivity index (χ1v) is 10.3. The Morgan fingerprint density at radius 2 is 2.07 bits per heavy atom. The SMILES string of the molecule is C/C=C\N=C(CC)C(=O)Nc1cnn(S(=O)(=O)c2ccc(C)c(F)c2)c1.CC.[HH]. The van der Waals surface area contributed by atoms with Crippen LogP contribution in [0.2, 0.25) is 0 Å². The third-order valence-electron chi connectivity index (χ3n) is 3.48. The van der Waals surface area contributed by atoms with Crippen LogP contribution >= 0.6 is 0 Å². The number of allylic oxidation sites excluding steroid dienone is 1. The van der Waals surface area contributed by atoms with Crippen LogP contribution in [0.3, 0.4) is 0 Å². The Kier molecular flexibility index (Phi) is 8.72. The van der Waals surface area contributed by atoms with E-state index in [1.807, 2.05) is 13.8 Å². The summed E-state index contributed by atoms with van der Waals surface area (Å²) in [5.74, 6) is -1.08. The normalized spacial score (nSPS) is 11.9. The molecule has 0 spiro atoms. The van der Waals surface area contributed by atoms with Crippen molar-refractivity contribution in [2.75, 3.05) is 5.32 Å². The van der Waals surface area contributed by atoms with Crippen LogP contribution in [-0.2, 0) is 14.8 Å².